The molecule has 0 spiro atoms. The van der Waals surface area contributed by atoms with E-state index in [-0.39, 0.29) is 29.0 Å². The minimum Gasteiger partial charge on any atom is -0.452 e. The van der Waals surface area contributed by atoms with Crippen molar-refractivity contribution in [3.05, 3.63) is 95.1 Å². The third kappa shape index (κ3) is 4.47. The first kappa shape index (κ1) is 23.3. The van der Waals surface area contributed by atoms with Crippen molar-refractivity contribution < 1.29 is 22.7 Å². The van der Waals surface area contributed by atoms with Crippen molar-refractivity contribution in [3.63, 3.8) is 0 Å². The van der Waals surface area contributed by atoms with Crippen LogP contribution < -0.4 is 4.90 Å². The monoisotopic (exact) mass is 490 g/mol. The van der Waals surface area contributed by atoms with Gasteiger partial charge in [0, 0.05) is 24.8 Å². The maximum atomic E-state index is 13.1. The summed E-state index contributed by atoms with van der Waals surface area (Å²) in [6.45, 7) is 2.30. The zero-order valence-corrected chi connectivity index (χ0v) is 20.2. The SMILES string of the molecule is CC1Cc2ccccc2N1C(=O)COC(=O)c1ccc(S(=O)(=O)N2CCc3ccccc3C2)cc1. The van der Waals surface area contributed by atoms with Gasteiger partial charge in [-0.2, -0.15) is 4.31 Å². The van der Waals surface area contributed by atoms with E-state index in [1.54, 1.807) is 4.90 Å². The maximum absolute atomic E-state index is 13.1. The second-order valence-corrected chi connectivity index (χ2v) is 10.8. The number of para-hydroxylation sites is 1. The number of rotatable bonds is 5. The van der Waals surface area contributed by atoms with Gasteiger partial charge in [0.2, 0.25) is 10.0 Å². The van der Waals surface area contributed by atoms with E-state index in [9.17, 15) is 18.0 Å². The number of fused-ring (bicyclic) bond motifs is 2. The summed E-state index contributed by atoms with van der Waals surface area (Å²) in [4.78, 5) is 27.1. The zero-order valence-electron chi connectivity index (χ0n) is 19.4. The molecule has 2 aliphatic heterocycles. The van der Waals surface area contributed by atoms with Gasteiger partial charge in [-0.05, 0) is 66.8 Å². The number of hydrogen-bond acceptors (Lipinski definition) is 5. The second-order valence-electron chi connectivity index (χ2n) is 8.90. The number of amides is 1. The Hall–Kier alpha value is -3.49. The minimum atomic E-state index is -3.70. The van der Waals surface area contributed by atoms with Gasteiger partial charge >= 0.3 is 5.97 Å². The Morgan fingerprint density at radius 3 is 2.31 bits per heavy atom. The number of esters is 1. The molecule has 8 heteroatoms. The molecule has 2 aliphatic rings. The molecule has 0 aliphatic carbocycles. The molecule has 5 rings (SSSR count). The van der Waals surface area contributed by atoms with Crippen LogP contribution in [-0.2, 0) is 38.9 Å². The van der Waals surface area contributed by atoms with Crippen LogP contribution in [0.15, 0.2) is 77.7 Å². The molecule has 0 fully saturated rings. The van der Waals surface area contributed by atoms with Crippen molar-refractivity contribution in [1.29, 1.82) is 0 Å². The summed E-state index contributed by atoms with van der Waals surface area (Å²) >= 11 is 0. The molecule has 180 valence electrons. The average Bonchev–Trinajstić information content (AvgIpc) is 3.22. The van der Waals surface area contributed by atoms with Crippen LogP contribution in [0, 0.1) is 0 Å². The minimum absolute atomic E-state index is 0.00940. The fraction of sp³-hybridized carbons (Fsp3) is 0.259. The fourth-order valence-electron chi connectivity index (χ4n) is 4.81. The summed E-state index contributed by atoms with van der Waals surface area (Å²) in [6, 6.07) is 21.2. The first-order valence-corrected chi connectivity index (χ1v) is 13.0. The van der Waals surface area contributed by atoms with Crippen LogP contribution in [0.3, 0.4) is 0 Å². The summed E-state index contributed by atoms with van der Waals surface area (Å²) in [7, 11) is -3.70. The molecule has 1 atom stereocenters. The molecule has 0 N–H and O–H groups in total. The van der Waals surface area contributed by atoms with Crippen LogP contribution >= 0.6 is 0 Å². The molecular weight excluding hydrogens is 464 g/mol. The van der Waals surface area contributed by atoms with Crippen LogP contribution in [-0.4, -0.2) is 43.8 Å². The molecular formula is C27H26N2O5S. The van der Waals surface area contributed by atoms with Crippen molar-refractivity contribution in [2.24, 2.45) is 0 Å². The number of nitrogens with zero attached hydrogens (tertiary/aromatic N) is 2. The van der Waals surface area contributed by atoms with Gasteiger partial charge in [-0.3, -0.25) is 4.79 Å². The summed E-state index contributed by atoms with van der Waals surface area (Å²) in [5.41, 5.74) is 4.29. The van der Waals surface area contributed by atoms with Gasteiger partial charge in [0.1, 0.15) is 0 Å². The Balaban J connectivity index is 1.23. The first-order valence-electron chi connectivity index (χ1n) is 11.6. The maximum Gasteiger partial charge on any atom is 0.338 e. The summed E-state index contributed by atoms with van der Waals surface area (Å²) in [5, 5.41) is 0. The summed E-state index contributed by atoms with van der Waals surface area (Å²) < 4.78 is 33.0. The number of benzene rings is 3. The highest BCUT2D eigenvalue weighted by Gasteiger charge is 2.31. The summed E-state index contributed by atoms with van der Waals surface area (Å²) in [6.07, 6.45) is 1.42. The number of sulfonamides is 1. The lowest BCUT2D eigenvalue weighted by molar-refractivity contribution is -0.122. The number of carbonyl (C=O) groups is 2. The number of hydrogen-bond donors (Lipinski definition) is 0. The van der Waals surface area contributed by atoms with Gasteiger partial charge in [0.15, 0.2) is 6.61 Å². The third-order valence-corrected chi connectivity index (χ3v) is 8.49. The highest BCUT2D eigenvalue weighted by molar-refractivity contribution is 7.89. The van der Waals surface area contributed by atoms with Gasteiger partial charge < -0.3 is 9.64 Å². The standard InChI is InChI=1S/C27H26N2O5S/c1-19-16-22-7-4-5-9-25(22)29(19)26(30)18-34-27(31)21-10-12-24(13-11-21)35(32,33)28-15-14-20-6-2-3-8-23(20)17-28/h2-13,19H,14-18H2,1H3. The molecule has 3 aromatic carbocycles. The van der Waals surface area contributed by atoms with Gasteiger partial charge in [0.05, 0.1) is 10.5 Å². The van der Waals surface area contributed by atoms with E-state index in [2.05, 4.69) is 0 Å². The van der Waals surface area contributed by atoms with Gasteiger partial charge in [-0.1, -0.05) is 42.5 Å². The molecule has 1 amide bonds. The molecule has 0 saturated carbocycles. The zero-order chi connectivity index (χ0) is 24.6. The van der Waals surface area contributed by atoms with E-state index in [0.717, 1.165) is 23.2 Å². The third-order valence-electron chi connectivity index (χ3n) is 6.63. The normalized spacial score (nSPS) is 17.5. The van der Waals surface area contributed by atoms with Crippen LogP contribution in [0.1, 0.15) is 34.0 Å². The van der Waals surface area contributed by atoms with Crippen molar-refractivity contribution in [1.82, 2.24) is 4.31 Å². The quantitative estimate of drug-likeness (QED) is 0.511. The van der Waals surface area contributed by atoms with Crippen molar-refractivity contribution >= 4 is 27.6 Å². The second kappa shape index (κ2) is 9.28. The molecule has 3 aromatic rings. The van der Waals surface area contributed by atoms with Gasteiger partial charge in [0.25, 0.3) is 5.91 Å². The summed E-state index contributed by atoms with van der Waals surface area (Å²) in [5.74, 6) is -0.963. The molecule has 7 nitrogen and oxygen atoms in total. The Kier molecular flexibility index (Phi) is 6.17. The van der Waals surface area contributed by atoms with E-state index >= 15 is 0 Å². The fourth-order valence-corrected chi connectivity index (χ4v) is 6.23. The van der Waals surface area contributed by atoms with E-state index < -0.39 is 16.0 Å². The Morgan fingerprint density at radius 2 is 1.57 bits per heavy atom. The molecule has 0 aromatic heterocycles. The number of anilines is 1. The molecule has 2 heterocycles. The van der Waals surface area contributed by atoms with Crippen LogP contribution in [0.2, 0.25) is 0 Å². The lowest BCUT2D eigenvalue weighted by atomic mass is 10.0. The van der Waals surface area contributed by atoms with Gasteiger partial charge in [-0.15, -0.1) is 0 Å². The predicted molar refractivity (Wildman–Crippen MR) is 132 cm³/mol. The molecule has 0 radical (unpaired) electrons. The van der Waals surface area contributed by atoms with Crippen LogP contribution in [0.5, 0.6) is 0 Å². The van der Waals surface area contributed by atoms with Gasteiger partial charge in [-0.25, -0.2) is 13.2 Å². The molecule has 0 bridgehead atoms. The van der Waals surface area contributed by atoms with E-state index in [1.807, 2.05) is 55.5 Å². The Morgan fingerprint density at radius 1 is 0.914 bits per heavy atom. The van der Waals surface area contributed by atoms with E-state index in [1.165, 1.54) is 34.1 Å². The topological polar surface area (TPSA) is 84.0 Å². The van der Waals surface area contributed by atoms with Crippen molar-refractivity contribution in [2.75, 3.05) is 18.1 Å². The Labute approximate surface area is 205 Å². The lowest BCUT2D eigenvalue weighted by Crippen LogP contribution is -2.38. The van der Waals surface area contributed by atoms with Crippen molar-refractivity contribution in [2.45, 2.75) is 37.2 Å². The molecule has 1 unspecified atom stereocenters. The smallest absolute Gasteiger partial charge is 0.338 e. The van der Waals surface area contributed by atoms with Crippen LogP contribution in [0.25, 0.3) is 0 Å². The Bertz CT molecular complexity index is 1380. The largest absolute Gasteiger partial charge is 0.452 e. The number of carbonyl (C=O) groups excluding carboxylic acids is 2. The highest BCUT2D eigenvalue weighted by Crippen LogP contribution is 2.32. The predicted octanol–water partition coefficient (Wildman–Crippen LogP) is 3.57. The number of ether oxygens (including phenoxy) is 1. The van der Waals surface area contributed by atoms with Crippen molar-refractivity contribution in [3.8, 4) is 0 Å². The molecule has 35 heavy (non-hydrogen) atoms. The average molecular weight is 491 g/mol. The first-order chi connectivity index (χ1) is 16.8. The lowest BCUT2D eigenvalue weighted by Gasteiger charge is -2.28. The van der Waals surface area contributed by atoms with Crippen LogP contribution in [0.4, 0.5) is 5.69 Å². The van der Waals surface area contributed by atoms with E-state index in [4.69, 9.17) is 4.74 Å². The molecule has 0 saturated heterocycles. The van der Waals surface area contributed by atoms with E-state index in [0.29, 0.717) is 19.5 Å². The highest BCUT2D eigenvalue weighted by atomic mass is 32.2.